The number of ether oxygens (including phenoxy) is 3. The average molecular weight is 1000 g/mol. The van der Waals surface area contributed by atoms with Gasteiger partial charge >= 0.3 is 0 Å². The van der Waals surface area contributed by atoms with E-state index >= 15 is 0 Å². The van der Waals surface area contributed by atoms with Gasteiger partial charge in [0, 0.05) is 81.2 Å². The second kappa shape index (κ2) is 19.2. The minimum atomic E-state index is -4.62. The number of nitro groups is 1. The molecule has 5 aliphatic heterocycles. The lowest BCUT2D eigenvalue weighted by atomic mass is 9.69. The number of nitrogens with zero attached hydrogens (tertiary/aromatic N) is 5. The van der Waals surface area contributed by atoms with Gasteiger partial charge in [-0.05, 0) is 129 Å². The number of nitrogens with one attached hydrogen (secondary N) is 3. The second-order valence-corrected chi connectivity index (χ2v) is 23.5. The molecular weight excluding hydrogens is 937 g/mol. The number of benzene rings is 3. The van der Waals surface area contributed by atoms with Crippen molar-refractivity contribution in [2.45, 2.75) is 113 Å². The molecule has 0 unspecified atom stereocenters. The average Bonchev–Trinajstić information content (AvgIpc) is 3.83. The van der Waals surface area contributed by atoms with Crippen LogP contribution in [0.15, 0.2) is 83.9 Å². The lowest BCUT2D eigenvalue weighted by Crippen LogP contribution is -2.64. The molecule has 0 radical (unpaired) electrons. The van der Waals surface area contributed by atoms with Crippen molar-refractivity contribution >= 4 is 55.4 Å². The van der Waals surface area contributed by atoms with Gasteiger partial charge in [0.15, 0.2) is 0 Å². The summed E-state index contributed by atoms with van der Waals surface area (Å²) in [6.45, 7) is 12.8. The maximum absolute atomic E-state index is 14.7. The molecule has 4 saturated heterocycles. The molecule has 6 aliphatic rings. The fraction of sp³-hybridized carbons (Fsp3) is 0.519. The molecular formula is C54H66N8O9S. The highest BCUT2D eigenvalue weighted by atomic mass is 32.2. The number of fused-ring (bicyclic) bond motifs is 3. The smallest absolute Gasteiger partial charge is 0.293 e. The first-order valence-electron chi connectivity index (χ1n) is 25.8. The SMILES string of the molecule is CC(C)c1ccccc1[C@@H]1COCC[C@@H]1N1CC2(CCN(c3ccc(C(=O)NS(=O)(=O)c4ccc(NCC5CCC(C)(O)CC5)c([N+](=O)[O-])c4)c(N4c5cc6cc[nH]c6nc5O[C@H]5COCC[C@@H]54)c3)CC2)C1. The monoisotopic (exact) mass is 1000 g/mol. The van der Waals surface area contributed by atoms with Crippen LogP contribution in [0, 0.1) is 21.4 Å². The number of hydrogen-bond acceptors (Lipinski definition) is 14. The Balaban J connectivity index is 0.864. The minimum absolute atomic E-state index is 0.113. The number of likely N-dealkylation sites (tertiary alicyclic amines) is 1. The van der Waals surface area contributed by atoms with Crippen LogP contribution < -0.4 is 24.6 Å². The molecule has 18 heteroatoms. The van der Waals surface area contributed by atoms with Crippen molar-refractivity contribution < 1.29 is 37.5 Å². The fourth-order valence-electron chi connectivity index (χ4n) is 12.5. The molecule has 1 saturated carbocycles. The summed E-state index contributed by atoms with van der Waals surface area (Å²) in [6.07, 6.45) is 7.78. The van der Waals surface area contributed by atoms with Crippen molar-refractivity contribution in [3.63, 3.8) is 0 Å². The molecule has 72 heavy (non-hydrogen) atoms. The number of piperidine rings is 1. The Morgan fingerprint density at radius 2 is 1.68 bits per heavy atom. The molecule has 17 nitrogen and oxygen atoms in total. The normalized spacial score (nSPS) is 26.4. The van der Waals surface area contributed by atoms with Crippen molar-refractivity contribution in [3.8, 4) is 5.88 Å². The molecule has 0 bridgehead atoms. The summed E-state index contributed by atoms with van der Waals surface area (Å²) in [5.41, 5.74) is 4.88. The third-order valence-corrected chi connectivity index (χ3v) is 18.0. The van der Waals surface area contributed by atoms with Crippen molar-refractivity contribution in [3.05, 3.63) is 106 Å². The highest BCUT2D eigenvalue weighted by Gasteiger charge is 2.50. The van der Waals surface area contributed by atoms with Gasteiger partial charge in [0.1, 0.15) is 23.1 Å². The van der Waals surface area contributed by atoms with Crippen LogP contribution in [-0.4, -0.2) is 122 Å². The van der Waals surface area contributed by atoms with Gasteiger partial charge in [0.05, 0.1) is 45.9 Å². The van der Waals surface area contributed by atoms with Crippen LogP contribution in [-0.2, 0) is 19.5 Å². The lowest BCUT2D eigenvalue weighted by molar-refractivity contribution is -0.384. The quantitative estimate of drug-likeness (QED) is 0.0687. The Morgan fingerprint density at radius 3 is 2.44 bits per heavy atom. The van der Waals surface area contributed by atoms with Gasteiger partial charge < -0.3 is 39.4 Å². The number of sulfonamides is 1. The predicted octanol–water partition coefficient (Wildman–Crippen LogP) is 8.23. The molecule has 3 aromatic carbocycles. The second-order valence-electron chi connectivity index (χ2n) is 21.8. The van der Waals surface area contributed by atoms with Crippen molar-refractivity contribution in [1.82, 2.24) is 19.6 Å². The number of nitro benzene ring substituents is 1. The van der Waals surface area contributed by atoms with E-state index in [1.165, 1.54) is 23.3 Å². The highest BCUT2D eigenvalue weighted by molar-refractivity contribution is 7.90. The van der Waals surface area contributed by atoms with Crippen molar-refractivity contribution in [2.24, 2.45) is 11.3 Å². The van der Waals surface area contributed by atoms with E-state index in [4.69, 9.17) is 19.2 Å². The third kappa shape index (κ3) is 9.40. The molecule has 11 rings (SSSR count). The summed E-state index contributed by atoms with van der Waals surface area (Å²) in [5.74, 6) is 0.457. The number of pyridine rings is 1. The largest absolute Gasteiger partial charge is 0.468 e. The number of anilines is 4. The molecule has 1 aliphatic carbocycles. The van der Waals surface area contributed by atoms with Crippen LogP contribution in [0.1, 0.15) is 105 Å². The molecule has 5 aromatic rings. The summed E-state index contributed by atoms with van der Waals surface area (Å²) in [5, 5.41) is 26.8. The maximum Gasteiger partial charge on any atom is 0.293 e. The van der Waals surface area contributed by atoms with E-state index in [1.54, 1.807) is 6.07 Å². The predicted molar refractivity (Wildman–Crippen MR) is 275 cm³/mol. The number of rotatable bonds is 12. The van der Waals surface area contributed by atoms with E-state index in [-0.39, 0.29) is 28.6 Å². The molecule has 1 amide bonds. The van der Waals surface area contributed by atoms with Crippen LogP contribution in [0.4, 0.5) is 28.4 Å². The zero-order valence-electron chi connectivity index (χ0n) is 41.3. The topological polar surface area (TPSA) is 205 Å². The first-order valence-corrected chi connectivity index (χ1v) is 27.3. The zero-order valence-corrected chi connectivity index (χ0v) is 42.2. The third-order valence-electron chi connectivity index (χ3n) is 16.6. The molecule has 382 valence electrons. The fourth-order valence-corrected chi connectivity index (χ4v) is 13.5. The number of amides is 1. The van der Waals surface area contributed by atoms with Crippen molar-refractivity contribution in [1.29, 1.82) is 0 Å². The Morgan fingerprint density at radius 1 is 0.931 bits per heavy atom. The number of carbonyl (C=O) groups excluding carboxylic acids is 1. The first-order chi connectivity index (χ1) is 34.6. The summed E-state index contributed by atoms with van der Waals surface area (Å²) < 4.78 is 49.2. The maximum atomic E-state index is 14.7. The van der Waals surface area contributed by atoms with Gasteiger partial charge in [-0.2, -0.15) is 4.98 Å². The first kappa shape index (κ1) is 48.5. The Labute approximate surface area is 420 Å². The van der Waals surface area contributed by atoms with Gasteiger partial charge in [-0.25, -0.2) is 13.1 Å². The lowest BCUT2D eigenvalue weighted by Gasteiger charge is -2.58. The molecule has 4 atom stereocenters. The van der Waals surface area contributed by atoms with Crippen LogP contribution in [0.3, 0.4) is 0 Å². The van der Waals surface area contributed by atoms with Gasteiger partial charge in [-0.1, -0.05) is 38.1 Å². The highest BCUT2D eigenvalue weighted by Crippen LogP contribution is 2.49. The van der Waals surface area contributed by atoms with Gasteiger partial charge in [-0.3, -0.25) is 19.8 Å². The van der Waals surface area contributed by atoms with E-state index in [1.807, 2.05) is 37.4 Å². The van der Waals surface area contributed by atoms with Gasteiger partial charge in [0.25, 0.3) is 21.6 Å². The summed E-state index contributed by atoms with van der Waals surface area (Å²) >= 11 is 0. The minimum Gasteiger partial charge on any atom is -0.468 e. The number of hydrogen-bond donors (Lipinski definition) is 4. The Bertz CT molecular complexity index is 2950. The van der Waals surface area contributed by atoms with Crippen molar-refractivity contribution in [2.75, 3.05) is 74.3 Å². The summed E-state index contributed by atoms with van der Waals surface area (Å²) in [6, 6.07) is 22.1. The van der Waals surface area contributed by atoms with E-state index < -0.39 is 43.1 Å². The van der Waals surface area contributed by atoms with Crippen LogP contribution in [0.2, 0.25) is 0 Å². The number of aromatic nitrogens is 2. The van der Waals surface area contributed by atoms with Gasteiger partial charge in [-0.15, -0.1) is 0 Å². The Kier molecular flexibility index (Phi) is 13.0. The molecule has 1 spiro atoms. The molecule has 2 aromatic heterocycles. The summed E-state index contributed by atoms with van der Waals surface area (Å²) in [4.78, 5) is 41.2. The van der Waals surface area contributed by atoms with E-state index in [0.717, 1.165) is 88.6 Å². The molecule has 4 N–H and O–H groups in total. The molecule has 5 fully saturated rings. The number of carbonyl (C=O) groups is 1. The van der Waals surface area contributed by atoms with Crippen LogP contribution in [0.25, 0.3) is 11.0 Å². The van der Waals surface area contributed by atoms with Crippen LogP contribution >= 0.6 is 0 Å². The number of H-pyrrole nitrogens is 1. The number of aliphatic hydroxyl groups is 1. The molecule has 7 heterocycles. The van der Waals surface area contributed by atoms with E-state index in [2.05, 4.69) is 67.8 Å². The summed E-state index contributed by atoms with van der Waals surface area (Å²) in [7, 11) is -4.62. The number of aromatic amines is 1. The van der Waals surface area contributed by atoms with Gasteiger partial charge in [0.2, 0.25) is 5.88 Å². The standard InChI is InChI=1S/C54H66N8O9S/c1-34(2)39-6-4-5-7-40(39)42-30-69-24-15-44(42)60-32-54(33-60)19-22-59(23-20-54)37-8-10-41(46(27-37)61-45-16-25-70-31-49(45)71-52-48(61)26-36-14-21-55-50(36)57-52)51(63)58-72(67,68)38-9-11-43(47(28-38)62(65)66)56-29-35-12-17-53(3,64)18-13-35/h4-11,14,21,26-28,34-35,42,44-45,49,56,64H,12-13,15-20,22-25,29-33H2,1-3H3,(H,55,57)(H,58,63)/t35?,42-,44-,45-,49-,53?/m0/s1. The van der Waals surface area contributed by atoms with Crippen LogP contribution in [0.5, 0.6) is 5.88 Å². The zero-order chi connectivity index (χ0) is 49.9. The Hall–Kier alpha value is -5.79. The van der Waals surface area contributed by atoms with E-state index in [9.17, 15) is 28.4 Å². The van der Waals surface area contributed by atoms with E-state index in [0.29, 0.717) is 79.8 Å².